The van der Waals surface area contributed by atoms with E-state index in [0.29, 0.717) is 31.0 Å². The van der Waals surface area contributed by atoms with Crippen molar-refractivity contribution in [1.29, 1.82) is 0 Å². The number of methoxy groups -OCH3 is 3. The second-order valence-electron chi connectivity index (χ2n) is 8.61. The predicted octanol–water partition coefficient (Wildman–Crippen LogP) is 2.84. The van der Waals surface area contributed by atoms with Crippen LogP contribution in [0.4, 0.5) is 0 Å². The molecule has 5 rings (SSSR count). The lowest BCUT2D eigenvalue weighted by Crippen LogP contribution is -2.66. The highest BCUT2D eigenvalue weighted by molar-refractivity contribution is 6.00. The number of piperazine rings is 1. The van der Waals surface area contributed by atoms with Crippen LogP contribution in [-0.4, -0.2) is 61.0 Å². The number of ether oxygens (including phenoxy) is 3. The van der Waals surface area contributed by atoms with Gasteiger partial charge in [-0.2, -0.15) is 0 Å². The normalized spacial score (nSPS) is 20.0. The van der Waals surface area contributed by atoms with Crippen LogP contribution in [0.2, 0.25) is 0 Å². The summed E-state index contributed by atoms with van der Waals surface area (Å²) in [6, 6.07) is 11.4. The van der Waals surface area contributed by atoms with E-state index in [-0.39, 0.29) is 18.4 Å². The molecule has 2 aliphatic heterocycles. The van der Waals surface area contributed by atoms with Gasteiger partial charge in [-0.25, -0.2) is 0 Å². The van der Waals surface area contributed by atoms with Crippen molar-refractivity contribution >= 4 is 22.7 Å². The molecule has 0 bridgehead atoms. The van der Waals surface area contributed by atoms with Crippen LogP contribution in [0.5, 0.6) is 17.2 Å². The van der Waals surface area contributed by atoms with E-state index in [1.165, 1.54) is 0 Å². The Kier molecular flexibility index (Phi) is 4.96. The lowest BCUT2D eigenvalue weighted by Gasteiger charge is -2.49. The first-order chi connectivity index (χ1) is 15.9. The molecule has 2 aromatic carbocycles. The van der Waals surface area contributed by atoms with Crippen LogP contribution in [0.15, 0.2) is 36.4 Å². The molecule has 1 unspecified atom stereocenters. The Morgan fingerprint density at radius 1 is 1.00 bits per heavy atom. The van der Waals surface area contributed by atoms with Gasteiger partial charge in [0.2, 0.25) is 5.91 Å². The average Bonchev–Trinajstić information content (AvgIpc) is 3.21. The molecule has 0 aliphatic carbocycles. The molecule has 172 valence electrons. The Balaban J connectivity index is 1.54. The van der Waals surface area contributed by atoms with Gasteiger partial charge in [0.25, 0.3) is 5.91 Å². The van der Waals surface area contributed by atoms with Crippen LogP contribution in [-0.2, 0) is 28.1 Å². The SMILES string of the molecule is COc1ccc2[nH]c3c(c2c1)CCN1C(=O)CN(Cc2ccc(OC)c(OC)c2)C(=O)C31C. The van der Waals surface area contributed by atoms with Crippen LogP contribution >= 0.6 is 0 Å². The monoisotopic (exact) mass is 449 g/mol. The number of aromatic amines is 1. The summed E-state index contributed by atoms with van der Waals surface area (Å²) in [5.74, 6) is 1.81. The molecule has 1 atom stereocenters. The minimum absolute atomic E-state index is 0.0478. The van der Waals surface area contributed by atoms with Gasteiger partial charge in [0.05, 0.1) is 27.0 Å². The maximum atomic E-state index is 13.9. The number of nitrogens with zero attached hydrogens (tertiary/aromatic N) is 2. The topological polar surface area (TPSA) is 84.1 Å². The van der Waals surface area contributed by atoms with Crippen molar-refractivity contribution in [1.82, 2.24) is 14.8 Å². The number of hydrogen-bond donors (Lipinski definition) is 1. The minimum Gasteiger partial charge on any atom is -0.497 e. The van der Waals surface area contributed by atoms with Gasteiger partial charge in [-0.05, 0) is 54.8 Å². The minimum atomic E-state index is -1.09. The summed E-state index contributed by atoms with van der Waals surface area (Å²) in [4.78, 5) is 33.9. The Morgan fingerprint density at radius 2 is 1.79 bits per heavy atom. The van der Waals surface area contributed by atoms with E-state index in [4.69, 9.17) is 14.2 Å². The molecule has 1 saturated heterocycles. The van der Waals surface area contributed by atoms with E-state index in [1.807, 2.05) is 43.3 Å². The van der Waals surface area contributed by atoms with Crippen LogP contribution in [0.25, 0.3) is 10.9 Å². The predicted molar refractivity (Wildman–Crippen MR) is 123 cm³/mol. The molecule has 1 fully saturated rings. The van der Waals surface area contributed by atoms with E-state index >= 15 is 0 Å². The largest absolute Gasteiger partial charge is 0.497 e. The number of carbonyl (C=O) groups excluding carboxylic acids is 2. The Hall–Kier alpha value is -3.68. The lowest BCUT2D eigenvalue weighted by atomic mass is 9.83. The molecule has 8 heteroatoms. The van der Waals surface area contributed by atoms with E-state index in [9.17, 15) is 9.59 Å². The highest BCUT2D eigenvalue weighted by Gasteiger charge is 2.54. The number of H-pyrrole nitrogens is 1. The summed E-state index contributed by atoms with van der Waals surface area (Å²) >= 11 is 0. The molecule has 3 aromatic rings. The Morgan fingerprint density at radius 3 is 2.52 bits per heavy atom. The van der Waals surface area contributed by atoms with Crippen molar-refractivity contribution in [3.63, 3.8) is 0 Å². The maximum absolute atomic E-state index is 13.9. The van der Waals surface area contributed by atoms with Crippen LogP contribution in [0, 0.1) is 0 Å². The molecule has 0 saturated carbocycles. The summed E-state index contributed by atoms with van der Waals surface area (Å²) in [6.07, 6.45) is 0.687. The highest BCUT2D eigenvalue weighted by Crippen LogP contribution is 2.43. The molecular formula is C25H27N3O5. The van der Waals surface area contributed by atoms with Crippen LogP contribution in [0.3, 0.4) is 0 Å². The van der Waals surface area contributed by atoms with Crippen molar-refractivity contribution in [2.45, 2.75) is 25.4 Å². The van der Waals surface area contributed by atoms with Crippen molar-refractivity contribution < 1.29 is 23.8 Å². The Labute approximate surface area is 192 Å². The third kappa shape index (κ3) is 3.12. The number of hydrogen-bond acceptors (Lipinski definition) is 5. The second-order valence-corrected chi connectivity index (χ2v) is 8.61. The van der Waals surface area contributed by atoms with E-state index < -0.39 is 5.54 Å². The fourth-order valence-electron chi connectivity index (χ4n) is 5.16. The summed E-state index contributed by atoms with van der Waals surface area (Å²) in [6.45, 7) is 2.70. The van der Waals surface area contributed by atoms with Gasteiger partial charge in [0, 0.05) is 24.0 Å². The molecule has 1 aromatic heterocycles. The number of fused-ring (bicyclic) bond motifs is 5. The number of amides is 2. The second kappa shape index (κ2) is 7.72. The Bertz CT molecular complexity index is 1270. The standard InChI is InChI=1S/C25H27N3O5/c1-25-23-17(18-12-16(31-2)6-7-19(18)26-23)9-10-28(25)22(29)14-27(24(25)30)13-15-5-8-20(32-3)21(11-15)33-4/h5-8,11-12,26H,9-10,13-14H2,1-4H3. The summed E-state index contributed by atoms with van der Waals surface area (Å²) in [7, 11) is 4.79. The van der Waals surface area contributed by atoms with Gasteiger partial charge in [-0.1, -0.05) is 6.07 Å². The number of benzene rings is 2. The zero-order valence-corrected chi connectivity index (χ0v) is 19.2. The molecule has 33 heavy (non-hydrogen) atoms. The first-order valence-corrected chi connectivity index (χ1v) is 10.9. The quantitative estimate of drug-likeness (QED) is 0.648. The van der Waals surface area contributed by atoms with Crippen molar-refractivity contribution in [3.8, 4) is 17.2 Å². The first-order valence-electron chi connectivity index (χ1n) is 10.9. The maximum Gasteiger partial charge on any atom is 0.255 e. The molecule has 2 aliphatic rings. The molecule has 0 spiro atoms. The zero-order chi connectivity index (χ0) is 23.3. The van der Waals surface area contributed by atoms with Gasteiger partial charge in [0.15, 0.2) is 17.0 Å². The summed E-state index contributed by atoms with van der Waals surface area (Å²) in [5.41, 5.74) is 2.56. The number of carbonyl (C=O) groups is 2. The number of nitrogens with one attached hydrogen (secondary N) is 1. The third-order valence-electron chi connectivity index (χ3n) is 6.88. The van der Waals surface area contributed by atoms with E-state index in [0.717, 1.165) is 33.5 Å². The molecule has 0 radical (unpaired) electrons. The number of aromatic nitrogens is 1. The molecule has 1 N–H and O–H groups in total. The summed E-state index contributed by atoms with van der Waals surface area (Å²) < 4.78 is 16.1. The van der Waals surface area contributed by atoms with Gasteiger partial charge >= 0.3 is 0 Å². The van der Waals surface area contributed by atoms with Crippen molar-refractivity contribution in [2.24, 2.45) is 0 Å². The molecular weight excluding hydrogens is 422 g/mol. The van der Waals surface area contributed by atoms with Crippen LogP contribution < -0.4 is 14.2 Å². The van der Waals surface area contributed by atoms with Crippen LogP contribution in [0.1, 0.15) is 23.7 Å². The number of rotatable bonds is 5. The lowest BCUT2D eigenvalue weighted by molar-refractivity contribution is -0.166. The molecule has 8 nitrogen and oxygen atoms in total. The highest BCUT2D eigenvalue weighted by atomic mass is 16.5. The van der Waals surface area contributed by atoms with E-state index in [1.54, 1.807) is 31.1 Å². The van der Waals surface area contributed by atoms with Crippen molar-refractivity contribution in [2.75, 3.05) is 34.4 Å². The molecule has 2 amide bonds. The molecule has 3 heterocycles. The van der Waals surface area contributed by atoms with E-state index in [2.05, 4.69) is 4.98 Å². The first kappa shape index (κ1) is 21.2. The fourth-order valence-corrected chi connectivity index (χ4v) is 5.16. The smallest absolute Gasteiger partial charge is 0.255 e. The average molecular weight is 450 g/mol. The third-order valence-corrected chi connectivity index (χ3v) is 6.88. The summed E-state index contributed by atoms with van der Waals surface area (Å²) in [5, 5.41) is 1.03. The van der Waals surface area contributed by atoms with Gasteiger partial charge in [0.1, 0.15) is 12.3 Å². The fraction of sp³-hybridized carbons (Fsp3) is 0.360. The van der Waals surface area contributed by atoms with Gasteiger partial charge < -0.3 is 29.0 Å². The van der Waals surface area contributed by atoms with Gasteiger partial charge in [-0.3, -0.25) is 9.59 Å². The zero-order valence-electron chi connectivity index (χ0n) is 19.2. The van der Waals surface area contributed by atoms with Crippen molar-refractivity contribution in [3.05, 3.63) is 53.2 Å². The van der Waals surface area contributed by atoms with Gasteiger partial charge in [-0.15, -0.1) is 0 Å².